The van der Waals surface area contributed by atoms with E-state index in [1.54, 1.807) is 22.9 Å². The first kappa shape index (κ1) is 10.4. The molecule has 2 rings (SSSR count). The summed E-state index contributed by atoms with van der Waals surface area (Å²) in [6.07, 6.45) is 1.33. The minimum Gasteiger partial charge on any atom is -0.390 e. The minimum atomic E-state index is -0.660. The van der Waals surface area contributed by atoms with Crippen LogP contribution in [0.25, 0.3) is 0 Å². The average molecular weight is 311 g/mol. The fourth-order valence-corrected chi connectivity index (χ4v) is 0.764. The summed E-state index contributed by atoms with van der Waals surface area (Å²) >= 11 is 1.61. The Morgan fingerprint density at radius 2 is 2.43 bits per heavy atom. The van der Waals surface area contributed by atoms with Gasteiger partial charge in [0.2, 0.25) is 0 Å². The Labute approximate surface area is 89.5 Å². The summed E-state index contributed by atoms with van der Waals surface area (Å²) < 4.78 is 0.956. The minimum absolute atomic E-state index is 0.365. The van der Waals surface area contributed by atoms with Crippen molar-refractivity contribution in [3.8, 4) is 0 Å². The van der Waals surface area contributed by atoms with E-state index in [1.807, 2.05) is 0 Å². The Bertz CT molecular complexity index is 364. The van der Waals surface area contributed by atoms with Gasteiger partial charge in [0.1, 0.15) is 0 Å². The molecule has 1 N–H and O–H groups in total. The Morgan fingerprint density at radius 3 is 2.64 bits per heavy atom. The smallest absolute Gasteiger partial charge is 0.390 e. The second-order valence-corrected chi connectivity index (χ2v) is 2.57. The highest BCUT2D eigenvalue weighted by Gasteiger charge is 2.14. The first-order valence-electron chi connectivity index (χ1n) is 2.97. The molecule has 0 saturated heterocycles. The molecule has 0 amide bonds. The Kier molecular flexibility index (Phi) is 3.77. The van der Waals surface area contributed by atoms with E-state index in [4.69, 9.17) is 0 Å². The largest absolute Gasteiger partial charge is 0.488 e. The van der Waals surface area contributed by atoms with E-state index in [0.29, 0.717) is 0 Å². The summed E-state index contributed by atoms with van der Waals surface area (Å²) in [5, 5.41) is 31.5. The number of nitro groups is 1. The van der Waals surface area contributed by atoms with Crippen molar-refractivity contribution >= 4 is 28.8 Å². The maximum atomic E-state index is 9.92. The lowest BCUT2D eigenvalue weighted by Gasteiger charge is -1.85. The maximum absolute atomic E-state index is 9.92. The molecule has 12 heteroatoms. The zero-order valence-corrected chi connectivity index (χ0v) is 8.51. The summed E-state index contributed by atoms with van der Waals surface area (Å²) in [5.74, 6) is -0.365. The molecule has 2 aromatic heterocycles. The third-order valence-corrected chi connectivity index (χ3v) is 1.48. The lowest BCUT2D eigenvalue weighted by Crippen LogP contribution is -1.94. The number of rotatable bonds is 1. The van der Waals surface area contributed by atoms with Crippen molar-refractivity contribution in [2.24, 2.45) is 0 Å². The average Bonchev–Trinajstić information content (AvgIpc) is 2.74. The highest BCUT2D eigenvalue weighted by Crippen LogP contribution is 2.04. The number of nitrogens with one attached hydrogen (secondary N) is 1. The molecule has 0 aliphatic carbocycles. The van der Waals surface area contributed by atoms with Crippen molar-refractivity contribution in [3.05, 3.63) is 16.4 Å². The summed E-state index contributed by atoms with van der Waals surface area (Å²) in [6.45, 7) is 0. The third kappa shape index (κ3) is 2.96. The molecule has 0 radical (unpaired) electrons. The molecule has 0 bridgehead atoms. The zero-order chi connectivity index (χ0) is 10.4. The standard InChI is InChI=1S/CIN5O2.CH2N4/c2-6-1(7(8)9)3-4-5-6;1-2-4-5-3-1/h;1H,(H,2,3,4,5). The van der Waals surface area contributed by atoms with Crippen LogP contribution in [0.1, 0.15) is 0 Å². The van der Waals surface area contributed by atoms with Gasteiger partial charge in [-0.25, -0.2) is 0 Å². The molecule has 0 unspecified atom stereocenters. The van der Waals surface area contributed by atoms with Crippen LogP contribution in [-0.2, 0) is 0 Å². The zero-order valence-electron chi connectivity index (χ0n) is 6.35. The maximum Gasteiger partial charge on any atom is 0.488 e. The topological polar surface area (TPSA) is 141 Å². The molecule has 0 aliphatic rings. The van der Waals surface area contributed by atoms with Crippen LogP contribution in [0, 0.1) is 10.1 Å². The van der Waals surface area contributed by atoms with Crippen LogP contribution in [0.15, 0.2) is 6.33 Å². The number of H-pyrrole nitrogens is 1. The van der Waals surface area contributed by atoms with Gasteiger partial charge < -0.3 is 10.1 Å². The number of hydrogen-bond acceptors (Lipinski definition) is 8. The van der Waals surface area contributed by atoms with Crippen molar-refractivity contribution in [2.75, 3.05) is 0 Å². The van der Waals surface area contributed by atoms with E-state index < -0.39 is 4.92 Å². The Morgan fingerprint density at radius 1 is 1.64 bits per heavy atom. The van der Waals surface area contributed by atoms with Crippen LogP contribution < -0.4 is 0 Å². The fourth-order valence-electron chi connectivity index (χ4n) is 0.405. The Balaban J connectivity index is 0.000000165. The molecule has 11 nitrogen and oxygen atoms in total. The van der Waals surface area contributed by atoms with Crippen molar-refractivity contribution in [2.45, 2.75) is 0 Å². The van der Waals surface area contributed by atoms with Crippen molar-refractivity contribution in [1.82, 2.24) is 39.0 Å². The monoisotopic (exact) mass is 311 g/mol. The molecule has 0 fully saturated rings. The van der Waals surface area contributed by atoms with Crippen LogP contribution in [0.5, 0.6) is 0 Å². The van der Waals surface area contributed by atoms with E-state index in [1.165, 1.54) is 6.33 Å². The Hall–Kier alpha value is -1.73. The van der Waals surface area contributed by atoms with Gasteiger partial charge in [-0.1, -0.05) is 5.21 Å². The van der Waals surface area contributed by atoms with Gasteiger partial charge in [-0.15, -0.1) is 10.2 Å². The summed E-state index contributed by atoms with van der Waals surface area (Å²) in [5.41, 5.74) is 0. The van der Waals surface area contributed by atoms with E-state index in [9.17, 15) is 10.1 Å². The SMILES string of the molecule is O=[N+]([O-])c1nnnn1I.c1nn[nH]n1. The van der Waals surface area contributed by atoms with E-state index in [0.717, 1.165) is 2.90 Å². The van der Waals surface area contributed by atoms with Crippen LogP contribution in [0.4, 0.5) is 5.95 Å². The van der Waals surface area contributed by atoms with Gasteiger partial charge in [-0.2, -0.15) is 5.21 Å². The lowest BCUT2D eigenvalue weighted by molar-refractivity contribution is -0.394. The van der Waals surface area contributed by atoms with Gasteiger partial charge in [-0.3, -0.25) is 0 Å². The number of nitrogens with zero attached hydrogens (tertiary/aromatic N) is 8. The van der Waals surface area contributed by atoms with Crippen LogP contribution in [-0.4, -0.2) is 44.0 Å². The molecular weight excluding hydrogens is 309 g/mol. The number of aromatic nitrogens is 8. The fraction of sp³-hybridized carbons (Fsp3) is 0. The molecule has 14 heavy (non-hydrogen) atoms. The first-order chi connectivity index (χ1) is 6.72. The van der Waals surface area contributed by atoms with Gasteiger partial charge in [0, 0.05) is 5.21 Å². The highest BCUT2D eigenvalue weighted by molar-refractivity contribution is 14.1. The van der Waals surface area contributed by atoms with Crippen molar-refractivity contribution in [3.63, 3.8) is 0 Å². The predicted octanol–water partition coefficient (Wildman–Crippen LogP) is -1.02. The first-order valence-corrected chi connectivity index (χ1v) is 3.93. The van der Waals surface area contributed by atoms with Gasteiger partial charge >= 0.3 is 5.95 Å². The van der Waals surface area contributed by atoms with E-state index in [-0.39, 0.29) is 5.95 Å². The second kappa shape index (κ2) is 5.10. The number of hydrogen-bond donors (Lipinski definition) is 1. The van der Waals surface area contributed by atoms with Crippen molar-refractivity contribution < 1.29 is 4.92 Å². The molecule has 0 aliphatic heterocycles. The summed E-state index contributed by atoms with van der Waals surface area (Å²) in [4.78, 5) is 9.26. The lowest BCUT2D eigenvalue weighted by atomic mass is 11.1. The summed E-state index contributed by atoms with van der Waals surface area (Å²) in [6, 6.07) is 0. The molecule has 74 valence electrons. The number of aromatic amines is 1. The predicted molar refractivity (Wildman–Crippen MR) is 48.1 cm³/mol. The van der Waals surface area contributed by atoms with Crippen LogP contribution >= 0.6 is 22.9 Å². The quantitative estimate of drug-likeness (QED) is 0.400. The third-order valence-electron chi connectivity index (χ3n) is 0.851. The van der Waals surface area contributed by atoms with E-state index >= 15 is 0 Å². The molecular formula is C2H2IN9O2. The van der Waals surface area contributed by atoms with E-state index in [2.05, 4.69) is 36.1 Å². The molecule has 0 aromatic carbocycles. The molecule has 0 saturated carbocycles. The van der Waals surface area contributed by atoms with Gasteiger partial charge in [0.25, 0.3) is 0 Å². The normalized spacial score (nSPS) is 8.93. The number of halogens is 1. The van der Waals surface area contributed by atoms with Crippen LogP contribution in [0.3, 0.4) is 0 Å². The van der Waals surface area contributed by atoms with Crippen molar-refractivity contribution in [1.29, 1.82) is 0 Å². The number of tetrazole rings is 2. The van der Waals surface area contributed by atoms with Gasteiger partial charge in [0.15, 0.2) is 29.2 Å². The molecule has 2 aromatic rings. The highest BCUT2D eigenvalue weighted by atomic mass is 127. The van der Waals surface area contributed by atoms with Gasteiger partial charge in [0.05, 0.1) is 10.3 Å². The molecule has 0 atom stereocenters. The van der Waals surface area contributed by atoms with Crippen LogP contribution in [0.2, 0.25) is 0 Å². The summed E-state index contributed by atoms with van der Waals surface area (Å²) in [7, 11) is 0. The molecule has 0 spiro atoms. The van der Waals surface area contributed by atoms with Gasteiger partial charge in [-0.05, 0) is 7.82 Å². The molecule has 2 heterocycles. The second-order valence-electron chi connectivity index (χ2n) is 1.66.